The Morgan fingerprint density at radius 2 is 1.85 bits per heavy atom. The molecule has 0 radical (unpaired) electrons. The first-order chi connectivity index (χ1) is 18.9. The number of thiocarbonyl (C=S) groups is 1. The van der Waals surface area contributed by atoms with Crippen LogP contribution in [0.3, 0.4) is 0 Å². The van der Waals surface area contributed by atoms with E-state index in [1.165, 1.54) is 25.7 Å². The maximum absolute atomic E-state index is 14.2. The van der Waals surface area contributed by atoms with E-state index in [0.717, 1.165) is 12.3 Å². The lowest BCUT2D eigenvalue weighted by Gasteiger charge is -2.28. The van der Waals surface area contributed by atoms with Crippen LogP contribution in [0.5, 0.6) is 0 Å². The maximum Gasteiger partial charge on any atom is 0.408 e. The van der Waals surface area contributed by atoms with Crippen molar-refractivity contribution in [3.05, 3.63) is 23.4 Å². The Labute approximate surface area is 241 Å². The number of halogens is 5. The van der Waals surface area contributed by atoms with Gasteiger partial charge in [-0.3, -0.25) is 14.6 Å². The summed E-state index contributed by atoms with van der Waals surface area (Å²) in [6.07, 6.45) is -4.69. The number of rotatable bonds is 11. The highest BCUT2D eigenvalue weighted by Gasteiger charge is 2.49. The summed E-state index contributed by atoms with van der Waals surface area (Å²) in [5, 5.41) is 15.0. The van der Waals surface area contributed by atoms with Gasteiger partial charge in [0.25, 0.3) is 18.2 Å². The number of carbonyl (C=O) groups excluding carboxylic acids is 2. The molecule has 228 valence electrons. The number of hydrogen-bond donors (Lipinski definition) is 3. The third-order valence-corrected chi connectivity index (χ3v) is 8.01. The zero-order valence-corrected chi connectivity index (χ0v) is 24.4. The Balaban J connectivity index is 1.98. The van der Waals surface area contributed by atoms with Gasteiger partial charge in [0, 0.05) is 29.9 Å². The summed E-state index contributed by atoms with van der Waals surface area (Å²) >= 11 is 5.49. The molecule has 14 heteroatoms. The lowest BCUT2D eigenvalue weighted by molar-refractivity contribution is -0.146. The van der Waals surface area contributed by atoms with Crippen LogP contribution in [0.4, 0.5) is 27.8 Å². The number of alkyl halides is 5. The normalized spacial score (nSPS) is 20.5. The molecule has 1 unspecified atom stereocenters. The van der Waals surface area contributed by atoms with Crippen LogP contribution >= 0.6 is 12.2 Å². The van der Waals surface area contributed by atoms with Gasteiger partial charge >= 0.3 is 6.18 Å². The number of anilines is 1. The second kappa shape index (κ2) is 12.6. The average Bonchev–Trinajstić information content (AvgIpc) is 3.62. The number of nitrogens with one attached hydrogen (secondary N) is 2. The van der Waals surface area contributed by atoms with Gasteiger partial charge in [0.1, 0.15) is 11.9 Å². The Morgan fingerprint density at radius 1 is 1.22 bits per heavy atom. The molecule has 3 rings (SSSR count). The van der Waals surface area contributed by atoms with Crippen molar-refractivity contribution in [1.82, 2.24) is 15.2 Å². The number of amides is 2. The number of likely N-dealkylation sites (tertiary alicyclic amines) is 1. The minimum atomic E-state index is -4.60. The molecule has 1 aliphatic heterocycles. The molecule has 8 nitrogen and oxygen atoms in total. The summed E-state index contributed by atoms with van der Waals surface area (Å²) in [5.74, 6) is -2.34. The van der Waals surface area contributed by atoms with Crippen LogP contribution in [0, 0.1) is 5.92 Å². The Kier molecular flexibility index (Phi) is 10.1. The molecular formula is C27H36F5N5O3S. The summed E-state index contributed by atoms with van der Waals surface area (Å²) < 4.78 is 69.0. The predicted octanol–water partition coefficient (Wildman–Crippen LogP) is 4.61. The first-order valence-corrected chi connectivity index (χ1v) is 13.9. The summed E-state index contributed by atoms with van der Waals surface area (Å²) in [6.45, 7) is 8.12. The van der Waals surface area contributed by atoms with Gasteiger partial charge in [-0.2, -0.15) is 13.2 Å². The number of aliphatic hydroxyl groups is 1. The zero-order valence-electron chi connectivity index (χ0n) is 23.6. The van der Waals surface area contributed by atoms with Crippen LogP contribution in [0.1, 0.15) is 77.9 Å². The summed E-state index contributed by atoms with van der Waals surface area (Å²) in [5.41, 5.74) is -2.45. The van der Waals surface area contributed by atoms with Crippen LogP contribution in [0.2, 0.25) is 0 Å². The minimum absolute atomic E-state index is 0.170. The second-order valence-electron chi connectivity index (χ2n) is 11.3. The van der Waals surface area contributed by atoms with Crippen LogP contribution < -0.4 is 10.6 Å². The summed E-state index contributed by atoms with van der Waals surface area (Å²) in [7, 11) is 0. The minimum Gasteiger partial charge on any atom is -0.388 e. The maximum atomic E-state index is 14.2. The van der Waals surface area contributed by atoms with Crippen molar-refractivity contribution in [2.45, 2.75) is 103 Å². The fraction of sp³-hybridized carbons (Fsp3) is 0.667. The molecule has 0 aromatic carbocycles. The van der Waals surface area contributed by atoms with Crippen molar-refractivity contribution >= 4 is 40.4 Å². The Hall–Kier alpha value is -2.74. The van der Waals surface area contributed by atoms with E-state index in [0.29, 0.717) is 32.2 Å². The van der Waals surface area contributed by atoms with Crippen molar-refractivity contribution in [1.29, 1.82) is 0 Å². The summed E-state index contributed by atoms with van der Waals surface area (Å²) in [6, 6.07) is -3.52. The van der Waals surface area contributed by atoms with Crippen molar-refractivity contribution in [2.24, 2.45) is 10.9 Å². The molecule has 2 fully saturated rings. The molecule has 4 atom stereocenters. The number of hydrogen-bond acceptors (Lipinski definition) is 7. The topological polar surface area (TPSA) is 107 Å². The third-order valence-electron chi connectivity index (χ3n) is 7.56. The quantitative estimate of drug-likeness (QED) is 0.147. The van der Waals surface area contributed by atoms with Crippen molar-refractivity contribution < 1.29 is 36.6 Å². The molecule has 1 saturated carbocycles. The molecule has 41 heavy (non-hydrogen) atoms. The van der Waals surface area contributed by atoms with E-state index in [-0.39, 0.29) is 22.2 Å². The van der Waals surface area contributed by atoms with Gasteiger partial charge in [0.2, 0.25) is 0 Å². The average molecular weight is 606 g/mol. The Morgan fingerprint density at radius 3 is 2.34 bits per heavy atom. The molecule has 1 aliphatic carbocycles. The fourth-order valence-corrected chi connectivity index (χ4v) is 4.84. The van der Waals surface area contributed by atoms with Crippen LogP contribution in [0.25, 0.3) is 0 Å². The monoisotopic (exact) mass is 605 g/mol. The number of aliphatic imine (C=N–C) groups is 1. The van der Waals surface area contributed by atoms with Gasteiger partial charge in [-0.1, -0.05) is 12.2 Å². The van der Waals surface area contributed by atoms with Gasteiger partial charge in [0.05, 0.1) is 22.2 Å². The van der Waals surface area contributed by atoms with Crippen LogP contribution in [0.15, 0.2) is 17.3 Å². The van der Waals surface area contributed by atoms with Crippen molar-refractivity contribution in [3.63, 3.8) is 0 Å². The van der Waals surface area contributed by atoms with E-state index >= 15 is 0 Å². The van der Waals surface area contributed by atoms with Gasteiger partial charge < -0.3 is 20.6 Å². The number of carbonyl (C=O) groups is 2. The number of aromatic nitrogens is 1. The largest absolute Gasteiger partial charge is 0.408 e. The van der Waals surface area contributed by atoms with Gasteiger partial charge in [-0.25, -0.2) is 13.8 Å². The number of nitrogens with zero attached hydrogens (tertiary/aromatic N) is 3. The lowest BCUT2D eigenvalue weighted by Crippen LogP contribution is -2.49. The van der Waals surface area contributed by atoms with Gasteiger partial charge in [-0.05, 0) is 72.3 Å². The molecule has 0 spiro atoms. The fourth-order valence-electron chi connectivity index (χ4n) is 4.51. The zero-order chi connectivity index (χ0) is 30.9. The molecule has 2 heterocycles. The molecule has 1 saturated heterocycles. The highest BCUT2D eigenvalue weighted by molar-refractivity contribution is 7.81. The first kappa shape index (κ1) is 32.8. The van der Waals surface area contributed by atoms with E-state index in [1.807, 2.05) is 6.92 Å². The standard InChI is InChI=1S/C27H36F5N5O3S/c1-13-7-6-10-37(13)25(39)20(34-14(2)24(38)35-15(3)26(4,5)40)21(41)18-12-33-19(11-17(18)23(28)29)36-22(16-8-9-16)27(30,31)32/h11-13,15-16,20,22-23,40H,6-10H2,1-5H3,(H,33,36)(H,35,38)/t13-,15-,20?,22-/m0/s1. The van der Waals surface area contributed by atoms with Crippen molar-refractivity contribution in [2.75, 3.05) is 11.9 Å². The summed E-state index contributed by atoms with van der Waals surface area (Å²) in [4.78, 5) is 35.8. The molecule has 2 aliphatic rings. The van der Waals surface area contributed by atoms with Gasteiger partial charge in [0.15, 0.2) is 6.04 Å². The molecule has 0 bridgehead atoms. The highest BCUT2D eigenvalue weighted by atomic mass is 32.1. The van der Waals surface area contributed by atoms with E-state index in [4.69, 9.17) is 12.2 Å². The van der Waals surface area contributed by atoms with Crippen LogP contribution in [-0.2, 0) is 9.59 Å². The SMILES string of the molecule is CC(=NC(C(=O)N1CCC[C@@H]1C)C(=S)c1cnc(N[C@@H](C2CC2)C(F)(F)F)cc1C(F)F)C(=O)N[C@@H](C)C(C)(C)O. The van der Waals surface area contributed by atoms with E-state index in [2.05, 4.69) is 20.6 Å². The second-order valence-corrected chi connectivity index (χ2v) is 11.8. The molecule has 3 N–H and O–H groups in total. The molecule has 1 aromatic heterocycles. The van der Waals surface area contributed by atoms with Crippen molar-refractivity contribution in [3.8, 4) is 0 Å². The van der Waals surface area contributed by atoms with E-state index < -0.39 is 65.4 Å². The highest BCUT2D eigenvalue weighted by Crippen LogP contribution is 2.42. The lowest BCUT2D eigenvalue weighted by atomic mass is 10.00. The van der Waals surface area contributed by atoms with Gasteiger partial charge in [-0.15, -0.1) is 0 Å². The Bertz CT molecular complexity index is 1180. The third kappa shape index (κ3) is 8.18. The predicted molar refractivity (Wildman–Crippen MR) is 148 cm³/mol. The molecular weight excluding hydrogens is 569 g/mol. The molecule has 1 aromatic rings. The van der Waals surface area contributed by atoms with E-state index in [1.54, 1.807) is 6.92 Å². The van der Waals surface area contributed by atoms with Crippen LogP contribution in [-0.4, -0.2) is 79.9 Å². The number of pyridine rings is 1. The molecule has 2 amide bonds. The first-order valence-electron chi connectivity index (χ1n) is 13.5. The van der Waals surface area contributed by atoms with E-state index in [9.17, 15) is 36.6 Å². The smallest absolute Gasteiger partial charge is 0.388 e.